The third kappa shape index (κ3) is 5.75. The van der Waals surface area contributed by atoms with Gasteiger partial charge in [0.1, 0.15) is 17.5 Å². The molecule has 5 nitrogen and oxygen atoms in total. The number of rotatable bonds is 5. The Morgan fingerprint density at radius 3 is 2.57 bits per heavy atom. The average Bonchev–Trinajstić information content (AvgIpc) is 3.10. The maximum atomic E-state index is 14.2. The monoisotopic (exact) mass is 419 g/mol. The maximum Gasteiger partial charge on any atom is 0.318 e. The van der Waals surface area contributed by atoms with Crippen LogP contribution in [0.4, 0.5) is 18.0 Å². The minimum atomic E-state index is -0.729. The van der Waals surface area contributed by atoms with Crippen molar-refractivity contribution in [2.75, 3.05) is 6.54 Å². The van der Waals surface area contributed by atoms with Gasteiger partial charge in [0.2, 0.25) is 0 Å². The van der Waals surface area contributed by atoms with E-state index in [1.807, 2.05) is 20.8 Å². The van der Waals surface area contributed by atoms with Crippen LogP contribution in [-0.4, -0.2) is 34.8 Å². The van der Waals surface area contributed by atoms with Crippen molar-refractivity contribution >= 4 is 11.7 Å². The summed E-state index contributed by atoms with van der Waals surface area (Å²) in [5.74, 6) is -1.79. The van der Waals surface area contributed by atoms with Gasteiger partial charge in [0.05, 0.1) is 18.8 Å². The molecule has 0 spiro atoms. The lowest BCUT2D eigenvalue weighted by Crippen LogP contribution is -2.50. The molecular weight excluding hydrogens is 395 g/mol. The molecule has 1 aliphatic heterocycles. The molecule has 0 aliphatic carbocycles. The molecule has 1 heterocycles. The number of amides is 2. The Balaban J connectivity index is 1.73. The Bertz CT molecular complexity index is 957. The van der Waals surface area contributed by atoms with E-state index in [2.05, 4.69) is 10.5 Å². The van der Waals surface area contributed by atoms with Gasteiger partial charge in [-0.05, 0) is 39.0 Å². The van der Waals surface area contributed by atoms with Gasteiger partial charge in [-0.2, -0.15) is 0 Å². The lowest BCUT2D eigenvalue weighted by Gasteiger charge is -2.29. The first kappa shape index (κ1) is 21.7. The summed E-state index contributed by atoms with van der Waals surface area (Å²) in [5.41, 5.74) is 0.859. The predicted molar refractivity (Wildman–Crippen MR) is 107 cm³/mol. The zero-order valence-electron chi connectivity index (χ0n) is 17.1. The minimum absolute atomic E-state index is 0.0663. The number of halogens is 3. The highest BCUT2D eigenvalue weighted by molar-refractivity contribution is 6.01. The summed E-state index contributed by atoms with van der Waals surface area (Å²) in [6.45, 7) is 5.56. The van der Waals surface area contributed by atoms with Gasteiger partial charge in [0.25, 0.3) is 0 Å². The molecule has 3 rings (SSSR count). The van der Waals surface area contributed by atoms with Crippen LogP contribution in [0.1, 0.15) is 38.3 Å². The number of hydrogen-bond acceptors (Lipinski definition) is 3. The third-order valence-corrected chi connectivity index (χ3v) is 4.46. The van der Waals surface area contributed by atoms with Gasteiger partial charge in [0, 0.05) is 29.2 Å². The molecule has 1 atom stereocenters. The van der Waals surface area contributed by atoms with Crippen LogP contribution in [0.3, 0.4) is 0 Å². The van der Waals surface area contributed by atoms with Crippen molar-refractivity contribution in [1.82, 2.24) is 10.2 Å². The SMILES string of the molecule is CC(C)(C)NC(=O)N(Cc1ccc(F)cc1F)CC1CC(c2cccc(F)c2)=NO1. The Morgan fingerprint density at radius 2 is 1.90 bits per heavy atom. The largest absolute Gasteiger partial charge is 0.390 e. The molecule has 8 heteroatoms. The second-order valence-electron chi connectivity index (χ2n) is 8.28. The Labute approximate surface area is 173 Å². The maximum absolute atomic E-state index is 14.2. The van der Waals surface area contributed by atoms with E-state index in [9.17, 15) is 18.0 Å². The van der Waals surface area contributed by atoms with E-state index in [0.29, 0.717) is 17.7 Å². The van der Waals surface area contributed by atoms with Crippen molar-refractivity contribution in [3.05, 3.63) is 71.0 Å². The number of oxime groups is 1. The number of carbonyl (C=O) groups is 1. The number of nitrogens with one attached hydrogen (secondary N) is 1. The molecule has 1 unspecified atom stereocenters. The van der Waals surface area contributed by atoms with Gasteiger partial charge in [-0.15, -0.1) is 0 Å². The van der Waals surface area contributed by atoms with E-state index in [1.165, 1.54) is 23.1 Å². The molecule has 1 aliphatic rings. The van der Waals surface area contributed by atoms with Gasteiger partial charge in [-0.1, -0.05) is 23.4 Å². The van der Waals surface area contributed by atoms with Crippen molar-refractivity contribution in [3.8, 4) is 0 Å². The Morgan fingerprint density at radius 1 is 1.17 bits per heavy atom. The number of benzene rings is 2. The lowest BCUT2D eigenvalue weighted by molar-refractivity contribution is 0.0578. The number of hydrogen-bond donors (Lipinski definition) is 1. The quantitative estimate of drug-likeness (QED) is 0.770. The summed E-state index contributed by atoms with van der Waals surface area (Å²) >= 11 is 0. The fourth-order valence-electron chi connectivity index (χ4n) is 3.09. The van der Waals surface area contributed by atoms with Crippen LogP contribution in [0, 0.1) is 17.5 Å². The zero-order valence-corrected chi connectivity index (χ0v) is 17.1. The van der Waals surface area contributed by atoms with Crippen LogP contribution >= 0.6 is 0 Å². The standard InChI is InChI=1S/C22H24F3N3O2/c1-22(2,3)26-21(29)28(12-15-7-8-17(24)10-19(15)25)13-18-11-20(27-30-18)14-5-4-6-16(23)9-14/h4-10,18H,11-13H2,1-3H3,(H,26,29). The van der Waals surface area contributed by atoms with Gasteiger partial charge < -0.3 is 15.1 Å². The number of carbonyl (C=O) groups excluding carboxylic acids is 1. The Kier molecular flexibility index (Phi) is 6.34. The fourth-order valence-corrected chi connectivity index (χ4v) is 3.09. The van der Waals surface area contributed by atoms with Gasteiger partial charge in [0.15, 0.2) is 6.10 Å². The van der Waals surface area contributed by atoms with Crippen molar-refractivity contribution in [1.29, 1.82) is 0 Å². The second-order valence-corrected chi connectivity index (χ2v) is 8.28. The summed E-state index contributed by atoms with van der Waals surface area (Å²) in [6, 6.07) is 8.85. The first-order valence-corrected chi connectivity index (χ1v) is 9.60. The van der Waals surface area contributed by atoms with Gasteiger partial charge in [-0.3, -0.25) is 0 Å². The number of nitrogens with zero attached hydrogens (tertiary/aromatic N) is 2. The van der Waals surface area contributed by atoms with Crippen LogP contribution < -0.4 is 5.32 Å². The highest BCUT2D eigenvalue weighted by Crippen LogP contribution is 2.20. The molecule has 2 amide bonds. The summed E-state index contributed by atoms with van der Waals surface area (Å²) in [5, 5.41) is 6.86. The highest BCUT2D eigenvalue weighted by Gasteiger charge is 2.29. The third-order valence-electron chi connectivity index (χ3n) is 4.46. The summed E-state index contributed by atoms with van der Waals surface area (Å²) in [7, 11) is 0. The first-order valence-electron chi connectivity index (χ1n) is 9.60. The normalized spacial score (nSPS) is 16.1. The van der Waals surface area contributed by atoms with Crippen molar-refractivity contribution in [2.45, 2.75) is 45.4 Å². The van der Waals surface area contributed by atoms with E-state index in [4.69, 9.17) is 4.84 Å². The molecule has 0 saturated carbocycles. The lowest BCUT2D eigenvalue weighted by atomic mass is 10.0. The Hall–Kier alpha value is -3.03. The molecule has 30 heavy (non-hydrogen) atoms. The zero-order chi connectivity index (χ0) is 21.9. The average molecular weight is 419 g/mol. The molecule has 0 bridgehead atoms. The predicted octanol–water partition coefficient (Wildman–Crippen LogP) is 4.61. The van der Waals surface area contributed by atoms with Crippen LogP contribution in [0.2, 0.25) is 0 Å². The topological polar surface area (TPSA) is 53.9 Å². The van der Waals surface area contributed by atoms with Crippen LogP contribution in [-0.2, 0) is 11.4 Å². The summed E-state index contributed by atoms with van der Waals surface area (Å²) in [6.07, 6.45) is -0.105. The van der Waals surface area contributed by atoms with Crippen molar-refractivity contribution < 1.29 is 22.8 Å². The van der Waals surface area contributed by atoms with E-state index >= 15 is 0 Å². The van der Waals surface area contributed by atoms with Crippen LogP contribution in [0.5, 0.6) is 0 Å². The number of urea groups is 1. The second kappa shape index (κ2) is 8.77. The molecule has 2 aromatic carbocycles. The molecule has 2 aromatic rings. The van der Waals surface area contributed by atoms with E-state index < -0.39 is 29.3 Å². The highest BCUT2D eigenvalue weighted by atomic mass is 19.1. The molecule has 0 radical (unpaired) electrons. The van der Waals surface area contributed by atoms with Gasteiger partial charge in [-0.25, -0.2) is 18.0 Å². The molecular formula is C22H24F3N3O2. The molecule has 1 N–H and O–H groups in total. The summed E-state index contributed by atoms with van der Waals surface area (Å²) in [4.78, 5) is 19.6. The molecule has 0 fully saturated rings. The molecule has 160 valence electrons. The van der Waals surface area contributed by atoms with Crippen LogP contribution in [0.15, 0.2) is 47.6 Å². The van der Waals surface area contributed by atoms with Gasteiger partial charge >= 0.3 is 6.03 Å². The van der Waals surface area contributed by atoms with E-state index in [-0.39, 0.29) is 24.5 Å². The van der Waals surface area contributed by atoms with E-state index in [1.54, 1.807) is 12.1 Å². The van der Waals surface area contributed by atoms with Crippen LogP contribution in [0.25, 0.3) is 0 Å². The first-order chi connectivity index (χ1) is 14.1. The fraction of sp³-hybridized carbons (Fsp3) is 0.364. The molecule has 0 saturated heterocycles. The summed E-state index contributed by atoms with van der Waals surface area (Å²) < 4.78 is 40.9. The minimum Gasteiger partial charge on any atom is -0.390 e. The van der Waals surface area contributed by atoms with Crippen molar-refractivity contribution in [2.24, 2.45) is 5.16 Å². The van der Waals surface area contributed by atoms with E-state index in [0.717, 1.165) is 12.1 Å². The molecule has 0 aromatic heterocycles. The van der Waals surface area contributed by atoms with Crippen molar-refractivity contribution in [3.63, 3.8) is 0 Å². The smallest absolute Gasteiger partial charge is 0.318 e.